The highest BCUT2D eigenvalue weighted by Gasteiger charge is 2.32. The number of rotatable bonds is 4. The van der Waals surface area contributed by atoms with E-state index in [2.05, 4.69) is 15.3 Å². The SMILES string of the molecule is CCn1nc(C)c([N+](=O)[O-])c1N1CCC(NC)C1. The van der Waals surface area contributed by atoms with Crippen molar-refractivity contribution < 1.29 is 4.92 Å². The van der Waals surface area contributed by atoms with E-state index in [4.69, 9.17) is 0 Å². The van der Waals surface area contributed by atoms with Crippen LogP contribution in [0.3, 0.4) is 0 Å². The van der Waals surface area contributed by atoms with Crippen molar-refractivity contribution in [3.8, 4) is 0 Å². The minimum atomic E-state index is -0.323. The molecule has 1 N–H and O–H groups in total. The van der Waals surface area contributed by atoms with E-state index < -0.39 is 0 Å². The molecule has 0 saturated carbocycles. The van der Waals surface area contributed by atoms with Gasteiger partial charge in [-0.1, -0.05) is 0 Å². The second-order valence-corrected chi connectivity index (χ2v) is 4.55. The quantitative estimate of drug-likeness (QED) is 0.637. The summed E-state index contributed by atoms with van der Waals surface area (Å²) in [6.07, 6.45) is 1.00. The fourth-order valence-electron chi connectivity index (χ4n) is 2.50. The van der Waals surface area contributed by atoms with Gasteiger partial charge in [-0.15, -0.1) is 0 Å². The number of likely N-dealkylation sites (N-methyl/N-ethyl adjacent to an activating group) is 1. The standard InChI is InChI=1S/C11H19N5O2/c1-4-15-11(10(16(17)18)8(2)13-15)14-6-5-9(7-14)12-3/h9,12H,4-7H2,1-3H3. The number of hydrogen-bond acceptors (Lipinski definition) is 5. The average molecular weight is 253 g/mol. The first-order chi connectivity index (χ1) is 8.58. The Morgan fingerprint density at radius 3 is 2.83 bits per heavy atom. The Morgan fingerprint density at radius 1 is 1.61 bits per heavy atom. The van der Waals surface area contributed by atoms with Crippen molar-refractivity contribution in [3.05, 3.63) is 15.8 Å². The monoisotopic (exact) mass is 253 g/mol. The highest BCUT2D eigenvalue weighted by Crippen LogP contribution is 2.33. The van der Waals surface area contributed by atoms with Gasteiger partial charge in [-0.25, -0.2) is 4.68 Å². The Balaban J connectivity index is 2.39. The van der Waals surface area contributed by atoms with Crippen molar-refractivity contribution in [3.63, 3.8) is 0 Å². The van der Waals surface area contributed by atoms with Crippen LogP contribution in [0.4, 0.5) is 11.5 Å². The van der Waals surface area contributed by atoms with E-state index in [1.54, 1.807) is 11.6 Å². The summed E-state index contributed by atoms with van der Waals surface area (Å²) in [5.41, 5.74) is 0.637. The lowest BCUT2D eigenvalue weighted by Crippen LogP contribution is -2.30. The second kappa shape index (κ2) is 4.93. The highest BCUT2D eigenvalue weighted by molar-refractivity contribution is 5.62. The Bertz CT molecular complexity index is 457. The summed E-state index contributed by atoms with van der Waals surface area (Å²) < 4.78 is 1.73. The average Bonchev–Trinajstić information content (AvgIpc) is 2.91. The van der Waals surface area contributed by atoms with Crippen LogP contribution in [0.1, 0.15) is 19.0 Å². The molecule has 1 aliphatic rings. The van der Waals surface area contributed by atoms with Gasteiger partial charge < -0.3 is 10.2 Å². The molecule has 0 amide bonds. The van der Waals surface area contributed by atoms with E-state index in [1.165, 1.54) is 0 Å². The first kappa shape index (κ1) is 12.8. The van der Waals surface area contributed by atoms with Crippen LogP contribution in [-0.2, 0) is 6.54 Å². The molecule has 1 aromatic rings. The van der Waals surface area contributed by atoms with E-state index in [-0.39, 0.29) is 10.6 Å². The maximum Gasteiger partial charge on any atom is 0.333 e. The molecule has 1 unspecified atom stereocenters. The van der Waals surface area contributed by atoms with Crippen LogP contribution in [0.15, 0.2) is 0 Å². The molecule has 7 heteroatoms. The summed E-state index contributed by atoms with van der Waals surface area (Å²) >= 11 is 0. The van der Waals surface area contributed by atoms with Gasteiger partial charge in [-0.2, -0.15) is 5.10 Å². The highest BCUT2D eigenvalue weighted by atomic mass is 16.6. The van der Waals surface area contributed by atoms with Gasteiger partial charge in [-0.3, -0.25) is 10.1 Å². The zero-order chi connectivity index (χ0) is 13.3. The van der Waals surface area contributed by atoms with Gasteiger partial charge in [0.25, 0.3) is 0 Å². The third-order valence-electron chi connectivity index (χ3n) is 3.45. The van der Waals surface area contributed by atoms with E-state index in [1.807, 2.05) is 14.0 Å². The molecule has 1 aliphatic heterocycles. The Kier molecular flexibility index (Phi) is 3.51. The van der Waals surface area contributed by atoms with E-state index in [9.17, 15) is 10.1 Å². The van der Waals surface area contributed by atoms with Crippen molar-refractivity contribution in [2.24, 2.45) is 0 Å². The van der Waals surface area contributed by atoms with Gasteiger partial charge in [0.1, 0.15) is 5.69 Å². The van der Waals surface area contributed by atoms with Crippen molar-refractivity contribution in [2.75, 3.05) is 25.0 Å². The zero-order valence-corrected chi connectivity index (χ0v) is 11.0. The normalized spacial score (nSPS) is 19.5. The van der Waals surface area contributed by atoms with Crippen molar-refractivity contribution in [2.45, 2.75) is 32.9 Å². The zero-order valence-electron chi connectivity index (χ0n) is 11.0. The summed E-state index contributed by atoms with van der Waals surface area (Å²) in [7, 11) is 1.92. The number of aromatic nitrogens is 2. The number of aryl methyl sites for hydroxylation is 2. The third-order valence-corrected chi connectivity index (χ3v) is 3.45. The first-order valence-corrected chi connectivity index (χ1v) is 6.22. The molecule has 2 heterocycles. The molecule has 2 rings (SSSR count). The molecule has 0 aliphatic carbocycles. The summed E-state index contributed by atoms with van der Waals surface area (Å²) in [6.45, 7) is 5.91. The predicted octanol–water partition coefficient (Wildman–Crippen LogP) is 0.918. The lowest BCUT2D eigenvalue weighted by atomic mass is 10.3. The predicted molar refractivity (Wildman–Crippen MR) is 69.0 cm³/mol. The number of nitro groups is 1. The van der Waals surface area contributed by atoms with Crippen molar-refractivity contribution in [1.82, 2.24) is 15.1 Å². The molecule has 100 valence electrons. The fraction of sp³-hybridized carbons (Fsp3) is 0.727. The molecule has 1 aromatic heterocycles. The smallest absolute Gasteiger partial charge is 0.333 e. The van der Waals surface area contributed by atoms with Crippen molar-refractivity contribution in [1.29, 1.82) is 0 Å². The first-order valence-electron chi connectivity index (χ1n) is 6.22. The van der Waals surface area contributed by atoms with Crippen LogP contribution in [-0.4, -0.2) is 40.9 Å². The summed E-state index contributed by atoms with van der Waals surface area (Å²) in [5, 5.41) is 18.7. The molecule has 1 atom stereocenters. The number of anilines is 1. The van der Waals surface area contributed by atoms with Crippen LogP contribution < -0.4 is 10.2 Å². The Labute approximate surface area is 106 Å². The van der Waals surface area contributed by atoms with Gasteiger partial charge in [0.05, 0.1) is 4.92 Å². The topological polar surface area (TPSA) is 76.2 Å². The Morgan fingerprint density at radius 2 is 2.33 bits per heavy atom. The molecular formula is C11H19N5O2. The van der Waals surface area contributed by atoms with Gasteiger partial charge in [0, 0.05) is 25.7 Å². The summed E-state index contributed by atoms with van der Waals surface area (Å²) in [6, 6.07) is 0.394. The van der Waals surface area contributed by atoms with Crippen LogP contribution in [0, 0.1) is 17.0 Å². The summed E-state index contributed by atoms with van der Waals surface area (Å²) in [5.74, 6) is 0.651. The maximum absolute atomic E-state index is 11.2. The van der Waals surface area contributed by atoms with Gasteiger partial charge in [-0.05, 0) is 27.3 Å². The van der Waals surface area contributed by atoms with Gasteiger partial charge >= 0.3 is 5.69 Å². The molecule has 1 fully saturated rings. The molecule has 0 bridgehead atoms. The van der Waals surface area contributed by atoms with Crippen LogP contribution >= 0.6 is 0 Å². The number of hydrogen-bond donors (Lipinski definition) is 1. The molecular weight excluding hydrogens is 234 g/mol. The van der Waals surface area contributed by atoms with E-state index in [0.717, 1.165) is 19.5 Å². The number of nitrogens with zero attached hydrogens (tertiary/aromatic N) is 4. The molecule has 1 saturated heterocycles. The fourth-order valence-corrected chi connectivity index (χ4v) is 2.50. The summed E-state index contributed by atoms with van der Waals surface area (Å²) in [4.78, 5) is 12.9. The molecule has 18 heavy (non-hydrogen) atoms. The van der Waals surface area contributed by atoms with E-state index >= 15 is 0 Å². The number of nitrogens with one attached hydrogen (secondary N) is 1. The second-order valence-electron chi connectivity index (χ2n) is 4.55. The molecule has 0 radical (unpaired) electrons. The molecule has 0 spiro atoms. The largest absolute Gasteiger partial charge is 0.349 e. The lowest BCUT2D eigenvalue weighted by molar-refractivity contribution is -0.384. The van der Waals surface area contributed by atoms with Crippen LogP contribution in [0.2, 0.25) is 0 Å². The maximum atomic E-state index is 11.2. The lowest BCUT2D eigenvalue weighted by Gasteiger charge is -2.18. The third kappa shape index (κ3) is 2.05. The Hall–Kier alpha value is -1.63. The molecule has 7 nitrogen and oxygen atoms in total. The molecule has 0 aromatic carbocycles. The minimum absolute atomic E-state index is 0.147. The van der Waals surface area contributed by atoms with Crippen LogP contribution in [0.5, 0.6) is 0 Å². The van der Waals surface area contributed by atoms with Crippen LogP contribution in [0.25, 0.3) is 0 Å². The van der Waals surface area contributed by atoms with E-state index in [0.29, 0.717) is 24.1 Å². The van der Waals surface area contributed by atoms with Gasteiger partial charge in [0.15, 0.2) is 0 Å². The van der Waals surface area contributed by atoms with Gasteiger partial charge in [0.2, 0.25) is 5.82 Å². The van der Waals surface area contributed by atoms with Crippen molar-refractivity contribution >= 4 is 11.5 Å². The minimum Gasteiger partial charge on any atom is -0.349 e.